The summed E-state index contributed by atoms with van der Waals surface area (Å²) in [5.74, 6) is 0. The van der Waals surface area contributed by atoms with E-state index in [2.05, 4.69) is 50.2 Å². The van der Waals surface area contributed by atoms with E-state index in [-0.39, 0.29) is 13.2 Å². The minimum atomic E-state index is -0.911. The van der Waals surface area contributed by atoms with E-state index in [1.54, 1.807) is 0 Å². The summed E-state index contributed by atoms with van der Waals surface area (Å²) in [6.07, 6.45) is 21.8. The summed E-state index contributed by atoms with van der Waals surface area (Å²) < 4.78 is 24.3. The topological polar surface area (TPSA) is 54.0 Å². The van der Waals surface area contributed by atoms with Crippen LogP contribution in [0, 0.1) is 0 Å². The number of ether oxygens (including phenoxy) is 4. The fourth-order valence-electron chi connectivity index (χ4n) is 6.54. The number of hydrogen-bond donors (Lipinski definition) is 0. The Morgan fingerprint density at radius 2 is 0.900 bits per heavy atom. The number of benzene rings is 3. The Labute approximate surface area is 304 Å². The molecule has 0 fully saturated rings. The predicted molar refractivity (Wildman–Crippen MR) is 207 cm³/mol. The molecule has 3 rings (SSSR count). The maximum atomic E-state index is 12.7. The molecule has 276 valence electrons. The van der Waals surface area contributed by atoms with Crippen molar-refractivity contribution >= 4 is 6.16 Å². The molecule has 0 aliphatic heterocycles. The minimum Gasteiger partial charge on any atom is -0.434 e. The fourth-order valence-corrected chi connectivity index (χ4v) is 6.54. The van der Waals surface area contributed by atoms with Gasteiger partial charge in [-0.1, -0.05) is 208 Å². The van der Waals surface area contributed by atoms with Gasteiger partial charge in [-0.15, -0.1) is 0 Å². The third-order valence-electron chi connectivity index (χ3n) is 9.45. The second-order valence-electron chi connectivity index (χ2n) is 13.7. The van der Waals surface area contributed by atoms with E-state index in [4.69, 9.17) is 18.9 Å². The molecule has 3 aromatic rings. The summed E-state index contributed by atoms with van der Waals surface area (Å²) in [6, 6.07) is 30.7. The van der Waals surface area contributed by atoms with Gasteiger partial charge < -0.3 is 18.9 Å². The Morgan fingerprint density at radius 1 is 0.500 bits per heavy atom. The van der Waals surface area contributed by atoms with E-state index in [1.807, 2.05) is 54.6 Å². The van der Waals surface area contributed by atoms with Crippen LogP contribution in [0.2, 0.25) is 0 Å². The van der Waals surface area contributed by atoms with E-state index < -0.39 is 17.9 Å². The van der Waals surface area contributed by atoms with Gasteiger partial charge in [-0.2, -0.15) is 0 Å². The zero-order valence-electron chi connectivity index (χ0n) is 31.3. The summed E-state index contributed by atoms with van der Waals surface area (Å²) in [7, 11) is 0. The van der Waals surface area contributed by atoms with Gasteiger partial charge in [-0.25, -0.2) is 4.79 Å². The summed E-state index contributed by atoms with van der Waals surface area (Å²) in [4.78, 5) is 12.7. The molecule has 0 N–H and O–H groups in total. The predicted octanol–water partition coefficient (Wildman–Crippen LogP) is 12.6. The highest BCUT2D eigenvalue weighted by atomic mass is 16.7. The molecule has 0 bridgehead atoms. The van der Waals surface area contributed by atoms with Gasteiger partial charge in [0.15, 0.2) is 6.10 Å². The second-order valence-corrected chi connectivity index (χ2v) is 13.7. The van der Waals surface area contributed by atoms with Crippen LogP contribution in [0.15, 0.2) is 91.0 Å². The third kappa shape index (κ3) is 15.8. The van der Waals surface area contributed by atoms with Crippen LogP contribution >= 0.6 is 0 Å². The molecule has 0 aromatic heterocycles. The number of hydrogen-bond acceptors (Lipinski definition) is 5. The average Bonchev–Trinajstić information content (AvgIpc) is 3.16. The summed E-state index contributed by atoms with van der Waals surface area (Å²) >= 11 is 0. The van der Waals surface area contributed by atoms with Crippen LogP contribution in [0.5, 0.6) is 0 Å². The van der Waals surface area contributed by atoms with Gasteiger partial charge in [0, 0.05) is 6.61 Å². The van der Waals surface area contributed by atoms with Crippen molar-refractivity contribution in [2.75, 3.05) is 26.4 Å². The van der Waals surface area contributed by atoms with Crippen molar-refractivity contribution in [1.29, 1.82) is 0 Å². The zero-order valence-corrected chi connectivity index (χ0v) is 31.3. The quantitative estimate of drug-likeness (QED) is 0.0413. The first-order valence-corrected chi connectivity index (χ1v) is 19.9. The Morgan fingerprint density at radius 3 is 1.32 bits per heavy atom. The van der Waals surface area contributed by atoms with E-state index in [0.717, 1.165) is 42.4 Å². The highest BCUT2D eigenvalue weighted by molar-refractivity contribution is 5.60. The van der Waals surface area contributed by atoms with Crippen LogP contribution in [-0.4, -0.2) is 38.7 Å². The Hall–Kier alpha value is -3.15. The van der Waals surface area contributed by atoms with Crippen molar-refractivity contribution in [3.63, 3.8) is 0 Å². The van der Waals surface area contributed by atoms with Crippen molar-refractivity contribution in [1.82, 2.24) is 0 Å². The lowest BCUT2D eigenvalue weighted by molar-refractivity contribution is -0.0820. The molecular formula is C45H66O5. The lowest BCUT2D eigenvalue weighted by Gasteiger charge is -2.37. The number of carbonyl (C=O) groups excluding carboxylic acids is 1. The Balaban J connectivity index is 1.47. The number of carbonyl (C=O) groups is 1. The molecule has 5 nitrogen and oxygen atoms in total. The van der Waals surface area contributed by atoms with Gasteiger partial charge in [0.2, 0.25) is 0 Å². The SMILES string of the molecule is CCCCCCCCCCCCCCCCCCOCC(COC(c1ccccc1)(c1ccccc1)c1ccccc1)OC(=O)OCCCC. The van der Waals surface area contributed by atoms with E-state index in [0.29, 0.717) is 13.2 Å². The van der Waals surface area contributed by atoms with Gasteiger partial charge in [0.05, 0.1) is 19.8 Å². The Bertz CT molecular complexity index is 1120. The standard InChI is InChI=1S/C45H66O5/c1-3-5-7-8-9-10-11-12-13-14-15-16-17-18-19-29-36-47-38-43(50-44(46)48-37-6-4-2)39-49-45(40-30-23-20-24-31-40,41-32-25-21-26-33-41)42-34-27-22-28-35-42/h20-28,30-35,43H,3-19,29,36-39H2,1-2H3. The van der Waals surface area contributed by atoms with Gasteiger partial charge in [0.25, 0.3) is 0 Å². The number of unbranched alkanes of at least 4 members (excludes halogenated alkanes) is 16. The molecule has 1 atom stereocenters. The van der Waals surface area contributed by atoms with Crippen molar-refractivity contribution in [3.05, 3.63) is 108 Å². The van der Waals surface area contributed by atoms with E-state index >= 15 is 0 Å². The van der Waals surface area contributed by atoms with Crippen molar-refractivity contribution in [2.45, 2.75) is 141 Å². The van der Waals surface area contributed by atoms with Crippen molar-refractivity contribution in [3.8, 4) is 0 Å². The average molecular weight is 687 g/mol. The van der Waals surface area contributed by atoms with Crippen molar-refractivity contribution in [2.24, 2.45) is 0 Å². The molecule has 0 aliphatic rings. The van der Waals surface area contributed by atoms with Crippen LogP contribution in [0.25, 0.3) is 0 Å². The largest absolute Gasteiger partial charge is 0.508 e. The van der Waals surface area contributed by atoms with Crippen LogP contribution in [0.4, 0.5) is 4.79 Å². The molecule has 0 spiro atoms. The highest BCUT2D eigenvalue weighted by Gasteiger charge is 2.38. The van der Waals surface area contributed by atoms with Crippen LogP contribution in [0.1, 0.15) is 146 Å². The smallest absolute Gasteiger partial charge is 0.434 e. The van der Waals surface area contributed by atoms with Gasteiger partial charge in [0.1, 0.15) is 5.60 Å². The first-order valence-electron chi connectivity index (χ1n) is 19.9. The molecule has 0 saturated heterocycles. The highest BCUT2D eigenvalue weighted by Crippen LogP contribution is 2.40. The monoisotopic (exact) mass is 686 g/mol. The maximum absolute atomic E-state index is 12.7. The minimum absolute atomic E-state index is 0.139. The lowest BCUT2D eigenvalue weighted by atomic mass is 9.80. The zero-order chi connectivity index (χ0) is 35.4. The van der Waals surface area contributed by atoms with Crippen LogP contribution < -0.4 is 0 Å². The molecule has 0 heterocycles. The number of rotatable bonds is 29. The van der Waals surface area contributed by atoms with Crippen molar-refractivity contribution < 1.29 is 23.7 Å². The molecule has 5 heteroatoms. The van der Waals surface area contributed by atoms with Crippen LogP contribution in [-0.2, 0) is 24.5 Å². The normalized spacial score (nSPS) is 12.1. The van der Waals surface area contributed by atoms with Gasteiger partial charge in [-0.05, 0) is 29.5 Å². The molecule has 1 unspecified atom stereocenters. The van der Waals surface area contributed by atoms with Gasteiger partial charge >= 0.3 is 6.16 Å². The summed E-state index contributed by atoms with van der Waals surface area (Å²) in [5.41, 5.74) is 2.08. The third-order valence-corrected chi connectivity index (χ3v) is 9.45. The van der Waals surface area contributed by atoms with E-state index in [9.17, 15) is 4.79 Å². The first-order chi connectivity index (χ1) is 24.7. The second kappa shape index (κ2) is 26.6. The summed E-state index contributed by atoms with van der Waals surface area (Å²) in [5, 5.41) is 0. The first kappa shape index (κ1) is 41.3. The van der Waals surface area contributed by atoms with Gasteiger partial charge in [-0.3, -0.25) is 0 Å². The Kier molecular flexibility index (Phi) is 22.0. The molecule has 0 radical (unpaired) electrons. The molecular weight excluding hydrogens is 620 g/mol. The molecule has 0 amide bonds. The lowest BCUT2D eigenvalue weighted by Crippen LogP contribution is -2.38. The molecule has 3 aromatic carbocycles. The molecule has 0 saturated carbocycles. The maximum Gasteiger partial charge on any atom is 0.508 e. The van der Waals surface area contributed by atoms with E-state index in [1.165, 1.54) is 89.9 Å². The molecule has 0 aliphatic carbocycles. The van der Waals surface area contributed by atoms with Crippen LogP contribution in [0.3, 0.4) is 0 Å². The fraction of sp³-hybridized carbons (Fsp3) is 0.578. The molecule has 50 heavy (non-hydrogen) atoms. The summed E-state index contributed by atoms with van der Waals surface area (Å²) in [6.45, 7) is 5.70.